The third-order valence-corrected chi connectivity index (χ3v) is 4.46. The Hall–Kier alpha value is -3.18. The van der Waals surface area contributed by atoms with E-state index in [1.165, 1.54) is 0 Å². The van der Waals surface area contributed by atoms with Crippen LogP contribution in [0.3, 0.4) is 0 Å². The molecule has 5 rings (SSSR count). The average Bonchev–Trinajstić information content (AvgIpc) is 3.25. The molecule has 0 N–H and O–H groups in total. The molecule has 6 heteroatoms. The summed E-state index contributed by atoms with van der Waals surface area (Å²) in [5.41, 5.74) is 3.12. The van der Waals surface area contributed by atoms with Crippen molar-refractivity contribution in [1.82, 2.24) is 15.0 Å². The van der Waals surface area contributed by atoms with Crippen molar-refractivity contribution in [3.05, 3.63) is 66.4 Å². The summed E-state index contributed by atoms with van der Waals surface area (Å²) in [6.07, 6.45) is 0. The first-order chi connectivity index (χ1) is 12.2. The fourth-order valence-corrected chi connectivity index (χ4v) is 3.21. The largest absolute Gasteiger partial charge is 0.452 e. The Morgan fingerprint density at radius 3 is 2.72 bits per heavy atom. The van der Waals surface area contributed by atoms with Gasteiger partial charge in [0.2, 0.25) is 0 Å². The summed E-state index contributed by atoms with van der Waals surface area (Å²) in [6.45, 7) is 0. The predicted molar refractivity (Wildman–Crippen MR) is 96.3 cm³/mol. The number of halogens is 1. The molecule has 3 aromatic carbocycles. The van der Waals surface area contributed by atoms with E-state index < -0.39 is 5.24 Å². The van der Waals surface area contributed by atoms with E-state index in [-0.39, 0.29) is 5.76 Å². The van der Waals surface area contributed by atoms with Crippen molar-refractivity contribution in [2.45, 2.75) is 0 Å². The van der Waals surface area contributed by atoms with Gasteiger partial charge in [0, 0.05) is 16.8 Å². The Bertz CT molecular complexity index is 1290. The smallest absolute Gasteiger partial charge is 0.287 e. The fourth-order valence-electron chi connectivity index (χ4n) is 3.11. The normalized spacial score (nSPS) is 11.6. The Morgan fingerprint density at radius 1 is 1.00 bits per heavy atom. The lowest BCUT2D eigenvalue weighted by molar-refractivity contribution is 0.105. The lowest BCUT2D eigenvalue weighted by Crippen LogP contribution is -1.96. The van der Waals surface area contributed by atoms with Gasteiger partial charge in [0.1, 0.15) is 16.6 Å². The van der Waals surface area contributed by atoms with Crippen molar-refractivity contribution in [2.24, 2.45) is 0 Å². The van der Waals surface area contributed by atoms with Crippen LogP contribution < -0.4 is 0 Å². The first-order valence-electron chi connectivity index (χ1n) is 7.68. The van der Waals surface area contributed by atoms with E-state index in [1.807, 2.05) is 48.5 Å². The topological polar surface area (TPSA) is 60.9 Å². The zero-order valence-corrected chi connectivity index (χ0v) is 13.6. The molecule has 0 aliphatic heterocycles. The van der Waals surface area contributed by atoms with Crippen molar-refractivity contribution in [3.63, 3.8) is 0 Å². The molecule has 5 nitrogen and oxygen atoms in total. The van der Waals surface area contributed by atoms with Gasteiger partial charge in [-0.1, -0.05) is 35.5 Å². The number of benzene rings is 3. The molecule has 0 amide bonds. The van der Waals surface area contributed by atoms with Crippen molar-refractivity contribution < 1.29 is 9.21 Å². The first-order valence-corrected chi connectivity index (χ1v) is 8.05. The van der Waals surface area contributed by atoms with E-state index in [0.29, 0.717) is 5.58 Å². The quantitative estimate of drug-likeness (QED) is 0.434. The molecule has 5 aromatic rings. The van der Waals surface area contributed by atoms with Crippen LogP contribution in [0.4, 0.5) is 0 Å². The van der Waals surface area contributed by atoms with Crippen LogP contribution in [0.15, 0.2) is 65.1 Å². The standard InChI is InChI=1S/C19H10ClN3O2/c20-19(24)17-9-12-5-7-13(10-16(12)25-17)23-18-14-4-2-1-3-11(14)6-8-15(18)21-22-23/h1-10H. The number of fused-ring (bicyclic) bond motifs is 4. The molecular formula is C19H10ClN3O2. The number of carbonyl (C=O) groups excluding carboxylic acids is 1. The summed E-state index contributed by atoms with van der Waals surface area (Å²) < 4.78 is 7.30. The van der Waals surface area contributed by atoms with Gasteiger partial charge in [0.25, 0.3) is 5.24 Å². The minimum absolute atomic E-state index is 0.128. The summed E-state index contributed by atoms with van der Waals surface area (Å²) in [7, 11) is 0. The molecule has 2 heterocycles. The second-order valence-electron chi connectivity index (χ2n) is 5.76. The van der Waals surface area contributed by atoms with Crippen LogP contribution in [0.5, 0.6) is 0 Å². The van der Waals surface area contributed by atoms with Gasteiger partial charge >= 0.3 is 0 Å². The number of carbonyl (C=O) groups is 1. The molecule has 25 heavy (non-hydrogen) atoms. The zero-order chi connectivity index (χ0) is 17.0. The number of rotatable bonds is 2. The van der Waals surface area contributed by atoms with E-state index in [9.17, 15) is 4.79 Å². The maximum absolute atomic E-state index is 11.3. The molecular weight excluding hydrogens is 338 g/mol. The molecule has 0 spiro atoms. The molecule has 0 aliphatic carbocycles. The van der Waals surface area contributed by atoms with E-state index in [0.717, 1.165) is 32.9 Å². The SMILES string of the molecule is O=C(Cl)c1cc2ccc(-n3nnc4ccc5ccccc5c43)cc2o1. The third-order valence-electron chi connectivity index (χ3n) is 4.27. The maximum atomic E-state index is 11.3. The van der Waals surface area contributed by atoms with Crippen LogP contribution in [0.1, 0.15) is 10.6 Å². The van der Waals surface area contributed by atoms with Gasteiger partial charge in [-0.3, -0.25) is 4.79 Å². The minimum Gasteiger partial charge on any atom is -0.452 e. The van der Waals surface area contributed by atoms with Crippen molar-refractivity contribution in [1.29, 1.82) is 0 Å². The second-order valence-corrected chi connectivity index (χ2v) is 6.11. The zero-order valence-electron chi connectivity index (χ0n) is 12.8. The van der Waals surface area contributed by atoms with Gasteiger partial charge in [-0.15, -0.1) is 5.10 Å². The van der Waals surface area contributed by atoms with Crippen LogP contribution in [0, 0.1) is 0 Å². The fraction of sp³-hybridized carbons (Fsp3) is 0. The van der Waals surface area contributed by atoms with Crippen LogP contribution in [-0.4, -0.2) is 20.2 Å². The van der Waals surface area contributed by atoms with Gasteiger partial charge in [0.05, 0.1) is 5.69 Å². The van der Waals surface area contributed by atoms with Crippen LogP contribution in [0.25, 0.3) is 38.5 Å². The molecule has 0 bridgehead atoms. The third kappa shape index (κ3) is 2.13. The van der Waals surface area contributed by atoms with Gasteiger partial charge in [0.15, 0.2) is 5.76 Å². The van der Waals surface area contributed by atoms with Crippen molar-refractivity contribution >= 4 is 49.6 Å². The Balaban J connectivity index is 1.79. The minimum atomic E-state index is -0.616. The van der Waals surface area contributed by atoms with Crippen molar-refractivity contribution in [3.8, 4) is 5.69 Å². The lowest BCUT2D eigenvalue weighted by Gasteiger charge is -2.05. The van der Waals surface area contributed by atoms with E-state index in [2.05, 4.69) is 16.4 Å². The molecule has 0 saturated carbocycles. The Morgan fingerprint density at radius 2 is 1.84 bits per heavy atom. The van der Waals surface area contributed by atoms with E-state index in [4.69, 9.17) is 16.0 Å². The second kappa shape index (κ2) is 5.16. The van der Waals surface area contributed by atoms with Gasteiger partial charge in [-0.25, -0.2) is 4.68 Å². The molecule has 2 aromatic heterocycles. The molecule has 0 aliphatic rings. The van der Waals surface area contributed by atoms with Crippen LogP contribution in [0.2, 0.25) is 0 Å². The average molecular weight is 348 g/mol. The van der Waals surface area contributed by atoms with E-state index in [1.54, 1.807) is 10.7 Å². The Kier molecular flexibility index (Phi) is 2.93. The number of nitrogens with zero attached hydrogens (tertiary/aromatic N) is 3. The number of aromatic nitrogens is 3. The van der Waals surface area contributed by atoms with Crippen LogP contribution in [-0.2, 0) is 0 Å². The first kappa shape index (κ1) is 14.2. The summed E-state index contributed by atoms with van der Waals surface area (Å²) in [5.74, 6) is 0.128. The summed E-state index contributed by atoms with van der Waals surface area (Å²) in [5, 5.41) is 10.9. The monoisotopic (exact) mass is 347 g/mol. The predicted octanol–water partition coefficient (Wildman–Crippen LogP) is 4.70. The Labute approximate surface area is 146 Å². The highest BCUT2D eigenvalue weighted by Crippen LogP contribution is 2.28. The molecule has 0 fully saturated rings. The highest BCUT2D eigenvalue weighted by atomic mass is 35.5. The van der Waals surface area contributed by atoms with Gasteiger partial charge < -0.3 is 4.42 Å². The van der Waals surface area contributed by atoms with Crippen LogP contribution >= 0.6 is 11.6 Å². The van der Waals surface area contributed by atoms with E-state index >= 15 is 0 Å². The highest BCUT2D eigenvalue weighted by molar-refractivity contribution is 6.67. The molecule has 120 valence electrons. The number of hydrogen-bond donors (Lipinski definition) is 0. The molecule has 0 radical (unpaired) electrons. The summed E-state index contributed by atoms with van der Waals surface area (Å²) in [4.78, 5) is 11.3. The maximum Gasteiger partial charge on any atom is 0.287 e. The molecule has 0 saturated heterocycles. The van der Waals surface area contributed by atoms with Crippen molar-refractivity contribution in [2.75, 3.05) is 0 Å². The van der Waals surface area contributed by atoms with Gasteiger partial charge in [-0.05, 0) is 41.3 Å². The molecule has 0 atom stereocenters. The number of hydrogen-bond acceptors (Lipinski definition) is 4. The molecule has 0 unspecified atom stereocenters. The van der Waals surface area contributed by atoms with Gasteiger partial charge in [-0.2, -0.15) is 0 Å². The summed E-state index contributed by atoms with van der Waals surface area (Å²) in [6, 6.07) is 19.3. The number of furan rings is 1. The lowest BCUT2D eigenvalue weighted by atomic mass is 10.1. The summed E-state index contributed by atoms with van der Waals surface area (Å²) >= 11 is 5.50. The highest BCUT2D eigenvalue weighted by Gasteiger charge is 2.13.